The molecule has 2 aliphatic rings. The smallest absolute Gasteiger partial charge is 0.160 e. The first-order valence-corrected chi connectivity index (χ1v) is 16.7. The first-order chi connectivity index (χ1) is 23.6. The van der Waals surface area contributed by atoms with Crippen molar-refractivity contribution in [1.82, 2.24) is 9.97 Å². The molecule has 1 heterocycles. The van der Waals surface area contributed by atoms with E-state index in [9.17, 15) is 0 Å². The highest BCUT2D eigenvalue weighted by molar-refractivity contribution is 6.13. The lowest BCUT2D eigenvalue weighted by Gasteiger charge is -2.36. The molecule has 0 saturated carbocycles. The lowest BCUT2D eigenvalue weighted by Crippen LogP contribution is -2.29. The average Bonchev–Trinajstić information content (AvgIpc) is 3.60. The van der Waals surface area contributed by atoms with Gasteiger partial charge in [-0.2, -0.15) is 0 Å². The number of allylic oxidation sites excluding steroid dienone is 2. The third kappa shape index (κ3) is 4.12. The van der Waals surface area contributed by atoms with E-state index in [1.807, 2.05) is 12.1 Å². The minimum absolute atomic E-state index is 0.202. The minimum atomic E-state index is -0.475. The molecule has 0 aliphatic heterocycles. The van der Waals surface area contributed by atoms with Gasteiger partial charge in [0, 0.05) is 22.1 Å². The van der Waals surface area contributed by atoms with Crippen LogP contribution in [0.4, 0.5) is 0 Å². The molecule has 0 amide bonds. The van der Waals surface area contributed by atoms with E-state index in [2.05, 4.69) is 172 Å². The van der Waals surface area contributed by atoms with Crippen LogP contribution in [0.3, 0.4) is 0 Å². The van der Waals surface area contributed by atoms with Gasteiger partial charge in [-0.05, 0) is 56.7 Å². The van der Waals surface area contributed by atoms with Crippen molar-refractivity contribution in [3.63, 3.8) is 0 Å². The molecular weight excluding hydrogens is 581 g/mol. The molecule has 1 aromatic heterocycles. The second-order valence-electron chi connectivity index (χ2n) is 13.4. The van der Waals surface area contributed by atoms with Crippen molar-refractivity contribution in [2.75, 3.05) is 0 Å². The second-order valence-corrected chi connectivity index (χ2v) is 13.4. The van der Waals surface area contributed by atoms with Crippen LogP contribution in [-0.2, 0) is 10.8 Å². The molecule has 6 aromatic carbocycles. The molecule has 0 N–H and O–H groups in total. The maximum absolute atomic E-state index is 5.21. The maximum atomic E-state index is 5.21. The highest BCUT2D eigenvalue weighted by Crippen LogP contribution is 2.66. The minimum Gasteiger partial charge on any atom is -0.228 e. The van der Waals surface area contributed by atoms with Crippen molar-refractivity contribution in [3.8, 4) is 33.9 Å². The number of hydrogen-bond acceptors (Lipinski definition) is 2. The van der Waals surface area contributed by atoms with Gasteiger partial charge in [0.15, 0.2) is 5.82 Å². The van der Waals surface area contributed by atoms with Gasteiger partial charge < -0.3 is 0 Å². The quantitative estimate of drug-likeness (QED) is 0.193. The number of fused-ring (bicyclic) bond motifs is 4. The number of hydrogen-bond donors (Lipinski definition) is 0. The highest BCUT2D eigenvalue weighted by atomic mass is 14.9. The standard InChI is InChI=1S/C46H34N2/c1-45(2)38-26-16-15-25-36(38)43-42(45)37-29-33(27-28-39(37)46(43,34-21-11-5-12-22-34)35-23-13-6-14-24-35)44-47-40(31-17-7-3-8-18-31)30-41(48-44)32-19-9-4-10-20-32/h3-30H,1-2H3. The first kappa shape index (κ1) is 28.4. The van der Waals surface area contributed by atoms with E-state index in [-0.39, 0.29) is 5.41 Å². The molecular formula is C46H34N2. The lowest BCUT2D eigenvalue weighted by molar-refractivity contribution is 0.703. The summed E-state index contributed by atoms with van der Waals surface area (Å²) in [5.74, 6) is 0.727. The van der Waals surface area contributed by atoms with Crippen molar-refractivity contribution in [1.29, 1.82) is 0 Å². The summed E-state index contributed by atoms with van der Waals surface area (Å²) >= 11 is 0. The monoisotopic (exact) mass is 614 g/mol. The zero-order valence-corrected chi connectivity index (χ0v) is 27.1. The molecule has 228 valence electrons. The third-order valence-corrected chi connectivity index (χ3v) is 10.3. The fourth-order valence-corrected chi connectivity index (χ4v) is 8.27. The molecule has 0 unspecified atom stereocenters. The maximum Gasteiger partial charge on any atom is 0.160 e. The summed E-state index contributed by atoms with van der Waals surface area (Å²) in [6.07, 6.45) is 0. The van der Waals surface area contributed by atoms with E-state index in [0.29, 0.717) is 0 Å². The van der Waals surface area contributed by atoms with Crippen LogP contribution in [0.15, 0.2) is 170 Å². The molecule has 0 radical (unpaired) electrons. The van der Waals surface area contributed by atoms with E-state index in [4.69, 9.17) is 9.97 Å². The zero-order chi connectivity index (χ0) is 32.3. The van der Waals surface area contributed by atoms with Crippen molar-refractivity contribution >= 4 is 11.1 Å². The molecule has 9 rings (SSSR count). The Morgan fingerprint density at radius 2 is 0.896 bits per heavy atom. The third-order valence-electron chi connectivity index (χ3n) is 10.3. The Hall–Kier alpha value is -5.86. The Morgan fingerprint density at radius 1 is 0.396 bits per heavy atom. The van der Waals surface area contributed by atoms with E-state index in [1.54, 1.807) is 0 Å². The fraction of sp³-hybridized carbons (Fsp3) is 0.0870. The summed E-state index contributed by atoms with van der Waals surface area (Å²) in [4.78, 5) is 10.4. The molecule has 0 fully saturated rings. The highest BCUT2D eigenvalue weighted by Gasteiger charge is 2.55. The zero-order valence-electron chi connectivity index (χ0n) is 27.1. The largest absolute Gasteiger partial charge is 0.228 e. The number of benzene rings is 6. The Bertz CT molecular complexity index is 2240. The Balaban J connectivity index is 1.34. The molecule has 7 aromatic rings. The molecule has 2 aliphatic carbocycles. The van der Waals surface area contributed by atoms with Crippen LogP contribution < -0.4 is 0 Å². The predicted octanol–water partition coefficient (Wildman–Crippen LogP) is 11.0. The van der Waals surface area contributed by atoms with Gasteiger partial charge in [0.05, 0.1) is 16.8 Å². The second kappa shape index (κ2) is 10.9. The van der Waals surface area contributed by atoms with Gasteiger partial charge in [-0.25, -0.2) is 9.97 Å². The van der Waals surface area contributed by atoms with Crippen LogP contribution in [-0.4, -0.2) is 9.97 Å². The van der Waals surface area contributed by atoms with E-state index < -0.39 is 5.41 Å². The molecule has 48 heavy (non-hydrogen) atoms. The van der Waals surface area contributed by atoms with Crippen molar-refractivity contribution in [2.45, 2.75) is 24.7 Å². The van der Waals surface area contributed by atoms with E-state index >= 15 is 0 Å². The van der Waals surface area contributed by atoms with Gasteiger partial charge >= 0.3 is 0 Å². The van der Waals surface area contributed by atoms with Crippen LogP contribution >= 0.6 is 0 Å². The van der Waals surface area contributed by atoms with Gasteiger partial charge in [0.25, 0.3) is 0 Å². The summed E-state index contributed by atoms with van der Waals surface area (Å²) in [6, 6.07) is 61.0. The lowest BCUT2D eigenvalue weighted by atomic mass is 9.65. The summed E-state index contributed by atoms with van der Waals surface area (Å²) in [6.45, 7) is 4.77. The van der Waals surface area contributed by atoms with Crippen LogP contribution in [0.25, 0.3) is 45.0 Å². The summed E-state index contributed by atoms with van der Waals surface area (Å²) in [5.41, 5.74) is 14.9. The molecule has 0 saturated heterocycles. The Kier molecular flexibility index (Phi) is 6.42. The Labute approximate surface area is 282 Å². The number of rotatable bonds is 5. The SMILES string of the molecule is CC1(C)C2=C(c3ccccc31)C(c1ccccc1)(c1ccccc1)c1ccc(-c3nc(-c4ccccc4)cc(-c4ccccc4)n3)cc12. The van der Waals surface area contributed by atoms with E-state index in [0.717, 1.165) is 33.9 Å². The van der Waals surface area contributed by atoms with Gasteiger partial charge in [-0.3, -0.25) is 0 Å². The number of aromatic nitrogens is 2. The van der Waals surface area contributed by atoms with Crippen LogP contribution in [0.5, 0.6) is 0 Å². The van der Waals surface area contributed by atoms with E-state index in [1.165, 1.54) is 44.5 Å². The Morgan fingerprint density at radius 3 is 1.46 bits per heavy atom. The van der Waals surface area contributed by atoms with Crippen LogP contribution in [0, 0.1) is 0 Å². The number of nitrogens with zero attached hydrogens (tertiary/aromatic N) is 2. The normalized spacial score (nSPS) is 15.1. The summed E-state index contributed by atoms with van der Waals surface area (Å²) in [7, 11) is 0. The topological polar surface area (TPSA) is 25.8 Å². The van der Waals surface area contributed by atoms with Crippen LogP contribution in [0.2, 0.25) is 0 Å². The summed E-state index contributed by atoms with van der Waals surface area (Å²) < 4.78 is 0. The van der Waals surface area contributed by atoms with Crippen molar-refractivity contribution < 1.29 is 0 Å². The molecule has 0 spiro atoms. The van der Waals surface area contributed by atoms with Gasteiger partial charge in [-0.1, -0.05) is 172 Å². The molecule has 2 nitrogen and oxygen atoms in total. The van der Waals surface area contributed by atoms with Crippen molar-refractivity contribution in [3.05, 3.63) is 203 Å². The van der Waals surface area contributed by atoms with Gasteiger partial charge in [0.1, 0.15) is 0 Å². The van der Waals surface area contributed by atoms with Gasteiger partial charge in [0.2, 0.25) is 0 Å². The molecule has 0 atom stereocenters. The molecule has 0 bridgehead atoms. The van der Waals surface area contributed by atoms with Gasteiger partial charge in [-0.15, -0.1) is 0 Å². The molecule has 2 heteroatoms. The average molecular weight is 615 g/mol. The summed E-state index contributed by atoms with van der Waals surface area (Å²) in [5, 5.41) is 0. The predicted molar refractivity (Wildman–Crippen MR) is 197 cm³/mol. The fourth-order valence-electron chi connectivity index (χ4n) is 8.27. The van der Waals surface area contributed by atoms with Crippen molar-refractivity contribution in [2.24, 2.45) is 0 Å². The first-order valence-electron chi connectivity index (χ1n) is 16.7. The van der Waals surface area contributed by atoms with Crippen LogP contribution in [0.1, 0.15) is 47.2 Å².